The van der Waals surface area contributed by atoms with E-state index >= 15 is 0 Å². The lowest BCUT2D eigenvalue weighted by Gasteiger charge is -2.11. The number of benzene rings is 2. The van der Waals surface area contributed by atoms with Gasteiger partial charge in [-0.1, -0.05) is 12.1 Å². The number of nitrogens with zero attached hydrogens (tertiary/aromatic N) is 2. The summed E-state index contributed by atoms with van der Waals surface area (Å²) in [6, 6.07) is 9.64. The Bertz CT molecular complexity index is 884. The summed E-state index contributed by atoms with van der Waals surface area (Å²) in [4.78, 5) is 24.3. The van der Waals surface area contributed by atoms with Gasteiger partial charge < -0.3 is 15.5 Å². The summed E-state index contributed by atoms with van der Waals surface area (Å²) in [7, 11) is 3.98. The summed E-state index contributed by atoms with van der Waals surface area (Å²) in [5.74, 6) is -0.321. The topological polar surface area (TPSA) is 87.5 Å². The molecule has 2 rings (SSSR count). The average Bonchev–Trinajstić information content (AvgIpc) is 2.66. The molecule has 0 radical (unpaired) electrons. The Morgan fingerprint density at radius 2 is 1.80 bits per heavy atom. The maximum Gasteiger partial charge on any atom is 0.416 e. The molecule has 0 unspecified atom stereocenters. The van der Waals surface area contributed by atoms with E-state index in [1.165, 1.54) is 0 Å². The van der Waals surface area contributed by atoms with Crippen molar-refractivity contribution in [1.29, 1.82) is 0 Å². The summed E-state index contributed by atoms with van der Waals surface area (Å²) in [6.45, 7) is 0.937. The van der Waals surface area contributed by atoms with Gasteiger partial charge in [0.05, 0.1) is 10.5 Å². The zero-order valence-corrected chi connectivity index (χ0v) is 16.6. The number of amides is 1. The van der Waals surface area contributed by atoms with Crippen LogP contribution in [0, 0.1) is 10.1 Å². The van der Waals surface area contributed by atoms with Gasteiger partial charge in [0.15, 0.2) is 0 Å². The summed E-state index contributed by atoms with van der Waals surface area (Å²) in [6.07, 6.45) is -3.80. The zero-order valence-electron chi connectivity index (χ0n) is 16.6. The van der Waals surface area contributed by atoms with Crippen molar-refractivity contribution in [2.24, 2.45) is 0 Å². The van der Waals surface area contributed by atoms with Gasteiger partial charge in [-0.15, -0.1) is 0 Å². The highest BCUT2D eigenvalue weighted by atomic mass is 19.4. The molecule has 0 fully saturated rings. The molecule has 0 saturated carbocycles. The Morgan fingerprint density at radius 1 is 1.13 bits per heavy atom. The third-order valence-corrected chi connectivity index (χ3v) is 4.27. The molecular weight excluding hydrogens is 401 g/mol. The molecule has 30 heavy (non-hydrogen) atoms. The molecule has 10 heteroatoms. The lowest BCUT2D eigenvalue weighted by atomic mass is 10.1. The number of hydrogen-bond acceptors (Lipinski definition) is 5. The lowest BCUT2D eigenvalue weighted by Crippen LogP contribution is -2.17. The molecule has 0 aromatic heterocycles. The predicted octanol–water partition coefficient (Wildman–Crippen LogP) is 4.16. The molecule has 0 spiro atoms. The molecule has 0 aliphatic carbocycles. The summed E-state index contributed by atoms with van der Waals surface area (Å²) < 4.78 is 38.2. The number of rotatable bonds is 9. The van der Waals surface area contributed by atoms with E-state index in [2.05, 4.69) is 15.5 Å². The van der Waals surface area contributed by atoms with Crippen LogP contribution in [0.1, 0.15) is 17.5 Å². The van der Waals surface area contributed by atoms with Crippen LogP contribution in [0.5, 0.6) is 0 Å². The quantitative estimate of drug-likeness (QED) is 0.466. The fourth-order valence-corrected chi connectivity index (χ4v) is 2.65. The number of anilines is 2. The molecule has 0 bridgehead atoms. The van der Waals surface area contributed by atoms with Gasteiger partial charge in [0.25, 0.3) is 5.69 Å². The molecule has 0 atom stereocenters. The molecule has 1 amide bonds. The van der Waals surface area contributed by atoms with Crippen molar-refractivity contribution in [3.8, 4) is 0 Å². The molecule has 7 nitrogen and oxygen atoms in total. The second kappa shape index (κ2) is 10.1. The van der Waals surface area contributed by atoms with Gasteiger partial charge in [0.2, 0.25) is 5.91 Å². The Labute approximate surface area is 172 Å². The van der Waals surface area contributed by atoms with E-state index < -0.39 is 22.4 Å². The summed E-state index contributed by atoms with van der Waals surface area (Å²) >= 11 is 0. The van der Waals surface area contributed by atoms with Crippen LogP contribution in [0.25, 0.3) is 0 Å². The number of nitro groups is 1. The summed E-state index contributed by atoms with van der Waals surface area (Å²) in [5.41, 5.74) is -0.122. The second-order valence-electron chi connectivity index (χ2n) is 6.96. The van der Waals surface area contributed by atoms with Crippen molar-refractivity contribution in [1.82, 2.24) is 4.90 Å². The van der Waals surface area contributed by atoms with E-state index in [0.29, 0.717) is 11.8 Å². The molecule has 162 valence electrons. The first-order chi connectivity index (χ1) is 14.1. The first-order valence-corrected chi connectivity index (χ1v) is 9.19. The van der Waals surface area contributed by atoms with Gasteiger partial charge in [0, 0.05) is 31.3 Å². The minimum atomic E-state index is -4.68. The standard InChI is InChI=1S/C20H23F3N4O3/c1-26(2)12-10-14-3-6-16(7-4-14)25-19(28)9-11-24-17-8-5-15(20(21,22)23)13-18(17)27(29)30/h3-8,13,24H,9-12H2,1-2H3,(H,25,28). The van der Waals surface area contributed by atoms with Crippen molar-refractivity contribution in [3.63, 3.8) is 0 Å². The first kappa shape index (κ1) is 23.1. The Morgan fingerprint density at radius 3 is 2.37 bits per heavy atom. The van der Waals surface area contributed by atoms with E-state index in [9.17, 15) is 28.1 Å². The maximum atomic E-state index is 12.7. The molecular formula is C20H23F3N4O3. The third kappa shape index (κ3) is 7.03. The SMILES string of the molecule is CN(C)CCc1ccc(NC(=O)CCNc2ccc(C(F)(F)F)cc2[N+](=O)[O-])cc1. The van der Waals surface area contributed by atoms with E-state index in [1.54, 1.807) is 12.1 Å². The number of nitro benzene ring substituents is 1. The second-order valence-corrected chi connectivity index (χ2v) is 6.96. The van der Waals surface area contributed by atoms with E-state index in [4.69, 9.17) is 0 Å². The van der Waals surface area contributed by atoms with Crippen LogP contribution < -0.4 is 10.6 Å². The van der Waals surface area contributed by atoms with Gasteiger partial charge in [-0.05, 0) is 50.3 Å². The predicted molar refractivity (Wildman–Crippen MR) is 109 cm³/mol. The number of hydrogen-bond donors (Lipinski definition) is 2. The summed E-state index contributed by atoms with van der Waals surface area (Å²) in [5, 5.41) is 16.4. The molecule has 2 aromatic carbocycles. The van der Waals surface area contributed by atoms with Crippen LogP contribution in [0.15, 0.2) is 42.5 Å². The van der Waals surface area contributed by atoms with E-state index in [0.717, 1.165) is 30.7 Å². The van der Waals surface area contributed by atoms with Crippen LogP contribution in [-0.2, 0) is 17.4 Å². The number of nitrogens with one attached hydrogen (secondary N) is 2. The monoisotopic (exact) mass is 424 g/mol. The highest BCUT2D eigenvalue weighted by Gasteiger charge is 2.33. The fraction of sp³-hybridized carbons (Fsp3) is 0.350. The van der Waals surface area contributed by atoms with Crippen LogP contribution in [0.2, 0.25) is 0 Å². The smallest absolute Gasteiger partial charge is 0.379 e. The van der Waals surface area contributed by atoms with E-state index in [1.807, 2.05) is 26.2 Å². The minimum Gasteiger partial charge on any atom is -0.379 e. The van der Waals surface area contributed by atoms with Gasteiger partial charge in [-0.2, -0.15) is 13.2 Å². The molecule has 0 heterocycles. The van der Waals surface area contributed by atoms with Crippen LogP contribution in [0.4, 0.5) is 30.2 Å². The van der Waals surface area contributed by atoms with Crippen LogP contribution in [0.3, 0.4) is 0 Å². The molecule has 2 N–H and O–H groups in total. The highest BCUT2D eigenvalue weighted by Crippen LogP contribution is 2.34. The number of carbonyl (C=O) groups excluding carboxylic acids is 1. The molecule has 0 aliphatic heterocycles. The Balaban J connectivity index is 1.89. The highest BCUT2D eigenvalue weighted by molar-refractivity contribution is 5.91. The molecule has 2 aromatic rings. The van der Waals surface area contributed by atoms with E-state index in [-0.39, 0.29) is 24.6 Å². The number of likely N-dealkylation sites (N-methyl/N-ethyl adjacent to an activating group) is 1. The number of halogens is 3. The van der Waals surface area contributed by atoms with Gasteiger partial charge in [-0.25, -0.2) is 0 Å². The van der Waals surface area contributed by atoms with Crippen LogP contribution >= 0.6 is 0 Å². The molecule has 0 saturated heterocycles. The number of alkyl halides is 3. The Hall–Kier alpha value is -3.14. The molecule has 0 aliphatic rings. The normalized spacial score (nSPS) is 11.4. The zero-order chi connectivity index (χ0) is 22.3. The first-order valence-electron chi connectivity index (χ1n) is 9.19. The lowest BCUT2D eigenvalue weighted by molar-refractivity contribution is -0.384. The van der Waals surface area contributed by atoms with Crippen molar-refractivity contribution < 1.29 is 22.9 Å². The third-order valence-electron chi connectivity index (χ3n) is 4.27. The fourth-order valence-electron chi connectivity index (χ4n) is 2.65. The number of carbonyl (C=O) groups is 1. The van der Waals surface area contributed by atoms with Crippen LogP contribution in [-0.4, -0.2) is 42.9 Å². The van der Waals surface area contributed by atoms with Gasteiger partial charge in [0.1, 0.15) is 5.69 Å². The maximum absolute atomic E-state index is 12.7. The average molecular weight is 424 g/mol. The van der Waals surface area contributed by atoms with Crippen molar-refractivity contribution in [2.75, 3.05) is 37.8 Å². The van der Waals surface area contributed by atoms with Gasteiger partial charge in [-0.3, -0.25) is 14.9 Å². The van der Waals surface area contributed by atoms with Crippen molar-refractivity contribution >= 4 is 23.0 Å². The largest absolute Gasteiger partial charge is 0.416 e. The van der Waals surface area contributed by atoms with Crippen molar-refractivity contribution in [2.45, 2.75) is 19.0 Å². The van der Waals surface area contributed by atoms with Gasteiger partial charge >= 0.3 is 6.18 Å². The minimum absolute atomic E-state index is 0.0133. The Kier molecular flexibility index (Phi) is 7.76. The van der Waals surface area contributed by atoms with Crippen molar-refractivity contribution in [3.05, 3.63) is 63.7 Å².